The standard InChI is InChI=1S/C24H40O3/c1-2-3-4-11-14-21(22-17-19-23(25)20-18-22)15-12-9-7-5-6-8-10-13-16-24(26)27/h17-21,25H,2-16H2,1H3,(H,26,27). The minimum atomic E-state index is -0.673. The molecule has 3 heteroatoms. The molecular formula is C24H40O3. The largest absolute Gasteiger partial charge is 0.508 e. The van der Waals surface area contributed by atoms with Crippen LogP contribution in [0.5, 0.6) is 5.75 Å². The zero-order valence-corrected chi connectivity index (χ0v) is 17.3. The summed E-state index contributed by atoms with van der Waals surface area (Å²) in [6.07, 6.45) is 17.5. The van der Waals surface area contributed by atoms with Crippen molar-refractivity contribution in [2.45, 2.75) is 109 Å². The Kier molecular flexibility index (Phi) is 13.5. The van der Waals surface area contributed by atoms with Crippen LogP contribution in [-0.4, -0.2) is 16.2 Å². The predicted octanol–water partition coefficient (Wildman–Crippen LogP) is 7.43. The second-order valence-electron chi connectivity index (χ2n) is 7.90. The van der Waals surface area contributed by atoms with Gasteiger partial charge in [0.05, 0.1) is 0 Å². The van der Waals surface area contributed by atoms with Crippen LogP contribution in [0.25, 0.3) is 0 Å². The molecule has 0 saturated carbocycles. The first-order valence-electron chi connectivity index (χ1n) is 11.1. The molecule has 0 heterocycles. The molecule has 2 N–H and O–H groups in total. The maximum absolute atomic E-state index is 10.5. The molecule has 1 aromatic carbocycles. The number of carboxylic acids is 1. The summed E-state index contributed by atoms with van der Waals surface area (Å²) >= 11 is 0. The summed E-state index contributed by atoms with van der Waals surface area (Å²) in [5.41, 5.74) is 1.38. The summed E-state index contributed by atoms with van der Waals surface area (Å²) in [4.78, 5) is 10.5. The topological polar surface area (TPSA) is 57.5 Å². The lowest BCUT2D eigenvalue weighted by molar-refractivity contribution is -0.137. The van der Waals surface area contributed by atoms with Gasteiger partial charge in [0.15, 0.2) is 0 Å². The minimum Gasteiger partial charge on any atom is -0.508 e. The molecule has 0 amide bonds. The number of phenolic OH excluding ortho intramolecular Hbond substituents is 1. The number of hydrogen-bond acceptors (Lipinski definition) is 2. The molecule has 1 unspecified atom stereocenters. The van der Waals surface area contributed by atoms with E-state index in [0.717, 1.165) is 12.8 Å². The lowest BCUT2D eigenvalue weighted by Gasteiger charge is -2.17. The van der Waals surface area contributed by atoms with Gasteiger partial charge in [0.2, 0.25) is 0 Å². The summed E-state index contributed by atoms with van der Waals surface area (Å²) in [7, 11) is 0. The van der Waals surface area contributed by atoms with E-state index in [1.165, 1.54) is 82.6 Å². The Labute approximate surface area is 166 Å². The Balaban J connectivity index is 2.19. The molecular weight excluding hydrogens is 336 g/mol. The Bertz CT molecular complexity index is 481. The molecule has 1 atom stereocenters. The van der Waals surface area contributed by atoms with E-state index in [1.807, 2.05) is 12.1 Å². The molecule has 1 aromatic rings. The van der Waals surface area contributed by atoms with E-state index >= 15 is 0 Å². The van der Waals surface area contributed by atoms with E-state index < -0.39 is 5.97 Å². The zero-order chi connectivity index (χ0) is 19.7. The van der Waals surface area contributed by atoms with Crippen molar-refractivity contribution in [2.24, 2.45) is 0 Å². The van der Waals surface area contributed by atoms with Gasteiger partial charge in [-0.2, -0.15) is 0 Å². The number of aromatic hydroxyl groups is 1. The van der Waals surface area contributed by atoms with Crippen LogP contribution in [0.3, 0.4) is 0 Å². The van der Waals surface area contributed by atoms with E-state index in [4.69, 9.17) is 5.11 Å². The average Bonchev–Trinajstić information content (AvgIpc) is 2.65. The zero-order valence-electron chi connectivity index (χ0n) is 17.3. The third-order valence-electron chi connectivity index (χ3n) is 5.46. The van der Waals surface area contributed by atoms with Crippen molar-refractivity contribution in [1.29, 1.82) is 0 Å². The van der Waals surface area contributed by atoms with Gasteiger partial charge in [-0.05, 0) is 42.9 Å². The molecule has 0 spiro atoms. The van der Waals surface area contributed by atoms with Gasteiger partial charge in [-0.3, -0.25) is 4.79 Å². The van der Waals surface area contributed by atoms with Crippen LogP contribution < -0.4 is 0 Å². The van der Waals surface area contributed by atoms with Crippen LogP contribution >= 0.6 is 0 Å². The van der Waals surface area contributed by atoms with Crippen LogP contribution in [0, 0.1) is 0 Å². The predicted molar refractivity (Wildman–Crippen MR) is 113 cm³/mol. The van der Waals surface area contributed by atoms with Crippen LogP contribution in [0.15, 0.2) is 24.3 Å². The number of hydrogen-bond donors (Lipinski definition) is 2. The molecule has 0 saturated heterocycles. The monoisotopic (exact) mass is 376 g/mol. The maximum atomic E-state index is 10.5. The molecule has 0 fully saturated rings. The fourth-order valence-electron chi connectivity index (χ4n) is 3.77. The smallest absolute Gasteiger partial charge is 0.303 e. The second-order valence-corrected chi connectivity index (χ2v) is 7.90. The van der Waals surface area contributed by atoms with Gasteiger partial charge in [0.1, 0.15) is 5.75 Å². The molecule has 27 heavy (non-hydrogen) atoms. The number of rotatable bonds is 17. The molecule has 0 aromatic heterocycles. The van der Waals surface area contributed by atoms with Gasteiger partial charge >= 0.3 is 5.97 Å². The van der Waals surface area contributed by atoms with Crippen LogP contribution in [-0.2, 0) is 4.79 Å². The number of aliphatic carboxylic acids is 1. The molecule has 0 radical (unpaired) electrons. The summed E-state index contributed by atoms with van der Waals surface area (Å²) in [6.45, 7) is 2.25. The third-order valence-corrected chi connectivity index (χ3v) is 5.46. The van der Waals surface area contributed by atoms with E-state index in [-0.39, 0.29) is 0 Å². The van der Waals surface area contributed by atoms with Crippen molar-refractivity contribution in [3.8, 4) is 5.75 Å². The summed E-state index contributed by atoms with van der Waals surface area (Å²) in [5.74, 6) is 0.304. The first-order valence-corrected chi connectivity index (χ1v) is 11.1. The van der Waals surface area contributed by atoms with E-state index in [2.05, 4.69) is 19.1 Å². The van der Waals surface area contributed by atoms with Crippen LogP contribution in [0.4, 0.5) is 0 Å². The van der Waals surface area contributed by atoms with Gasteiger partial charge in [-0.1, -0.05) is 89.7 Å². The lowest BCUT2D eigenvalue weighted by Crippen LogP contribution is -2.00. The quantitative estimate of drug-likeness (QED) is 0.278. The Morgan fingerprint density at radius 1 is 0.778 bits per heavy atom. The van der Waals surface area contributed by atoms with Crippen LogP contribution in [0.1, 0.15) is 115 Å². The number of carboxylic acid groups (broad SMARTS) is 1. The van der Waals surface area contributed by atoms with Gasteiger partial charge < -0.3 is 10.2 Å². The second kappa shape index (κ2) is 15.5. The number of carbonyl (C=O) groups is 1. The van der Waals surface area contributed by atoms with E-state index in [1.54, 1.807) is 0 Å². The molecule has 1 rings (SSSR count). The normalized spacial score (nSPS) is 12.2. The van der Waals surface area contributed by atoms with E-state index in [9.17, 15) is 9.90 Å². The molecule has 0 aliphatic rings. The first-order chi connectivity index (χ1) is 13.1. The van der Waals surface area contributed by atoms with Gasteiger partial charge in [0.25, 0.3) is 0 Å². The van der Waals surface area contributed by atoms with Crippen molar-refractivity contribution in [1.82, 2.24) is 0 Å². The molecule has 0 aliphatic heterocycles. The van der Waals surface area contributed by atoms with E-state index in [0.29, 0.717) is 18.1 Å². The SMILES string of the molecule is CCCCCCC(CCCCCCCCCCC(=O)O)c1ccc(O)cc1. The van der Waals surface area contributed by atoms with Crippen LogP contribution in [0.2, 0.25) is 0 Å². The lowest BCUT2D eigenvalue weighted by atomic mass is 9.88. The first kappa shape index (κ1) is 23.5. The highest BCUT2D eigenvalue weighted by atomic mass is 16.4. The molecule has 154 valence electrons. The van der Waals surface area contributed by atoms with Gasteiger partial charge in [-0.15, -0.1) is 0 Å². The number of benzene rings is 1. The Hall–Kier alpha value is -1.51. The van der Waals surface area contributed by atoms with Crippen molar-refractivity contribution in [3.63, 3.8) is 0 Å². The molecule has 0 aliphatic carbocycles. The molecule has 0 bridgehead atoms. The van der Waals surface area contributed by atoms with Crippen molar-refractivity contribution < 1.29 is 15.0 Å². The Morgan fingerprint density at radius 2 is 1.26 bits per heavy atom. The average molecular weight is 377 g/mol. The van der Waals surface area contributed by atoms with Crippen molar-refractivity contribution in [3.05, 3.63) is 29.8 Å². The fourth-order valence-corrected chi connectivity index (χ4v) is 3.77. The summed E-state index contributed by atoms with van der Waals surface area (Å²) in [6, 6.07) is 7.82. The fraction of sp³-hybridized carbons (Fsp3) is 0.708. The minimum absolute atomic E-state index is 0.316. The summed E-state index contributed by atoms with van der Waals surface area (Å²) in [5, 5.41) is 18.2. The number of phenols is 1. The summed E-state index contributed by atoms with van der Waals surface area (Å²) < 4.78 is 0. The highest BCUT2D eigenvalue weighted by Crippen LogP contribution is 2.29. The van der Waals surface area contributed by atoms with Gasteiger partial charge in [-0.25, -0.2) is 0 Å². The highest BCUT2D eigenvalue weighted by molar-refractivity contribution is 5.66. The Morgan fingerprint density at radius 3 is 1.78 bits per heavy atom. The maximum Gasteiger partial charge on any atom is 0.303 e. The number of unbranched alkanes of at least 4 members (excludes halogenated alkanes) is 10. The highest BCUT2D eigenvalue weighted by Gasteiger charge is 2.11. The molecule has 3 nitrogen and oxygen atoms in total. The van der Waals surface area contributed by atoms with Crippen molar-refractivity contribution >= 4 is 5.97 Å². The third kappa shape index (κ3) is 12.5. The van der Waals surface area contributed by atoms with Gasteiger partial charge in [0, 0.05) is 6.42 Å². The van der Waals surface area contributed by atoms with Crippen molar-refractivity contribution in [2.75, 3.05) is 0 Å².